The summed E-state index contributed by atoms with van der Waals surface area (Å²) in [5.41, 5.74) is 2.77. The van der Waals surface area contributed by atoms with E-state index in [1.165, 1.54) is 0 Å². The van der Waals surface area contributed by atoms with Crippen LogP contribution in [0.4, 0.5) is 0 Å². The van der Waals surface area contributed by atoms with E-state index in [9.17, 15) is 0 Å². The van der Waals surface area contributed by atoms with Gasteiger partial charge in [-0.2, -0.15) is 0 Å². The molecule has 1 aliphatic heterocycles. The molecular weight excluding hydrogens is 76.9 g/mol. The Kier molecular flexibility index (Phi) is 1.12. The average Bonchev–Trinajstić information content (AvgIpc) is 1.86. The Morgan fingerprint density at radius 1 is 1.83 bits per heavy atom. The van der Waals surface area contributed by atoms with Gasteiger partial charge in [0.15, 0.2) is 0 Å². The van der Waals surface area contributed by atoms with Crippen molar-refractivity contribution >= 4 is 6.92 Å². The lowest BCUT2D eigenvalue weighted by molar-refractivity contribution is 0.238. The summed E-state index contributed by atoms with van der Waals surface area (Å²) in [5.74, 6) is 0. The summed E-state index contributed by atoms with van der Waals surface area (Å²) in [4.78, 5) is 0. The van der Waals surface area contributed by atoms with Crippen LogP contribution in [-0.4, -0.2) is 13.5 Å². The van der Waals surface area contributed by atoms with Crippen molar-refractivity contribution in [2.45, 2.75) is 13.1 Å². The van der Waals surface area contributed by atoms with Gasteiger partial charge in [-0.15, -0.1) is 0 Å². The van der Waals surface area contributed by atoms with Gasteiger partial charge >= 0.3 is 6.92 Å². The van der Waals surface area contributed by atoms with Crippen LogP contribution in [0.1, 0.15) is 0 Å². The molecule has 0 aliphatic carbocycles. The van der Waals surface area contributed by atoms with Crippen LogP contribution in [0, 0.1) is 0 Å². The van der Waals surface area contributed by atoms with E-state index in [2.05, 4.69) is 12.3 Å². The van der Waals surface area contributed by atoms with Crippen molar-refractivity contribution in [3.8, 4) is 0 Å². The minimum Gasteiger partial charge on any atom is -0.364 e. The first-order valence-corrected chi connectivity index (χ1v) is 2.28. The fourth-order valence-electron chi connectivity index (χ4n) is 0.522. The van der Waals surface area contributed by atoms with Gasteiger partial charge in [-0.25, -0.2) is 5.48 Å². The fourth-order valence-corrected chi connectivity index (χ4v) is 0.522. The summed E-state index contributed by atoms with van der Waals surface area (Å²) in [6, 6.07) is 0. The molecule has 0 saturated carbocycles. The first kappa shape index (κ1) is 4.15. The van der Waals surface area contributed by atoms with E-state index >= 15 is 0 Å². The van der Waals surface area contributed by atoms with Crippen molar-refractivity contribution in [3.63, 3.8) is 0 Å². The molecule has 1 heterocycles. The van der Waals surface area contributed by atoms with Crippen LogP contribution in [0.25, 0.3) is 0 Å². The molecule has 0 atom stereocenters. The molecule has 0 aromatic carbocycles. The molecule has 1 saturated heterocycles. The molecule has 6 heavy (non-hydrogen) atoms. The second-order valence-electron chi connectivity index (χ2n) is 1.61. The van der Waals surface area contributed by atoms with Crippen molar-refractivity contribution in [2.24, 2.45) is 0 Å². The summed E-state index contributed by atoms with van der Waals surface area (Å²) < 4.78 is 4.90. The number of hydrogen-bond donors (Lipinski definition) is 1. The molecule has 1 rings (SSSR count). The van der Waals surface area contributed by atoms with Crippen LogP contribution in [0.2, 0.25) is 13.1 Å². The molecule has 0 aromatic heterocycles. The van der Waals surface area contributed by atoms with E-state index in [0.29, 0.717) is 6.92 Å². The normalized spacial score (nSPS) is 22.5. The lowest BCUT2D eigenvalue weighted by atomic mass is 9.69. The molecule has 0 unspecified atom stereocenters. The van der Waals surface area contributed by atoms with E-state index < -0.39 is 0 Å². The van der Waals surface area contributed by atoms with Crippen molar-refractivity contribution in [3.05, 3.63) is 0 Å². The highest BCUT2D eigenvalue weighted by Gasteiger charge is 2.13. The third-order valence-electron chi connectivity index (χ3n) is 0.937. The molecule has 0 radical (unpaired) electrons. The zero-order valence-electron chi connectivity index (χ0n) is 3.90. The van der Waals surface area contributed by atoms with E-state index in [0.717, 1.165) is 12.9 Å². The van der Waals surface area contributed by atoms with Gasteiger partial charge in [-0.1, -0.05) is 6.82 Å². The maximum atomic E-state index is 4.90. The quantitative estimate of drug-likeness (QED) is 0.422. The van der Waals surface area contributed by atoms with Crippen molar-refractivity contribution in [1.29, 1.82) is 0 Å². The monoisotopic (exact) mass is 85.1 g/mol. The molecule has 0 bridgehead atoms. The van der Waals surface area contributed by atoms with Gasteiger partial charge in [0.25, 0.3) is 0 Å². The second-order valence-corrected chi connectivity index (χ2v) is 1.61. The third kappa shape index (κ3) is 0.728. The largest absolute Gasteiger partial charge is 0.364 e. The summed E-state index contributed by atoms with van der Waals surface area (Å²) in [6.45, 7) is 3.51. The van der Waals surface area contributed by atoms with Crippen LogP contribution in [0.3, 0.4) is 0 Å². The fraction of sp³-hybridized carbons (Fsp3) is 1.00. The molecule has 1 fully saturated rings. The zero-order chi connectivity index (χ0) is 4.41. The second kappa shape index (κ2) is 1.62. The lowest BCUT2D eigenvalue weighted by Gasteiger charge is -1.88. The number of nitrogens with one attached hydrogen (secondary N) is 1. The first-order valence-electron chi connectivity index (χ1n) is 2.28. The highest BCUT2D eigenvalue weighted by Crippen LogP contribution is 1.96. The highest BCUT2D eigenvalue weighted by molar-refractivity contribution is 6.50. The van der Waals surface area contributed by atoms with Crippen LogP contribution < -0.4 is 5.48 Å². The minimum atomic E-state index is 0.435. The maximum absolute atomic E-state index is 4.90. The van der Waals surface area contributed by atoms with Crippen molar-refractivity contribution < 1.29 is 4.76 Å². The minimum absolute atomic E-state index is 0.435. The Morgan fingerprint density at radius 2 is 2.67 bits per heavy atom. The van der Waals surface area contributed by atoms with E-state index in [1.54, 1.807) is 0 Å². The molecule has 0 aromatic rings. The molecule has 0 amide bonds. The number of hydroxylamine groups is 1. The third-order valence-corrected chi connectivity index (χ3v) is 0.937. The SMILES string of the molecule is CB1CCNO1. The van der Waals surface area contributed by atoms with E-state index in [-0.39, 0.29) is 0 Å². The molecule has 3 heteroatoms. The Bertz CT molecular complexity index is 44.1. The van der Waals surface area contributed by atoms with Gasteiger partial charge in [0.2, 0.25) is 0 Å². The van der Waals surface area contributed by atoms with Gasteiger partial charge in [0.1, 0.15) is 0 Å². The van der Waals surface area contributed by atoms with Gasteiger partial charge in [-0.3, -0.25) is 0 Å². The van der Waals surface area contributed by atoms with Crippen molar-refractivity contribution in [1.82, 2.24) is 5.48 Å². The predicted molar refractivity (Wildman–Crippen MR) is 25.5 cm³/mol. The van der Waals surface area contributed by atoms with Gasteiger partial charge in [-0.05, 0) is 6.32 Å². The van der Waals surface area contributed by atoms with Crippen molar-refractivity contribution in [2.75, 3.05) is 6.54 Å². The molecule has 1 N–H and O–H groups in total. The highest BCUT2D eigenvalue weighted by atomic mass is 16.6. The maximum Gasteiger partial charge on any atom is 0.319 e. The summed E-state index contributed by atoms with van der Waals surface area (Å²) in [5, 5.41) is 0. The Morgan fingerprint density at radius 3 is 2.83 bits per heavy atom. The Hall–Kier alpha value is -0.0151. The lowest BCUT2D eigenvalue weighted by Crippen LogP contribution is -2.08. The number of hydrogen-bond acceptors (Lipinski definition) is 2. The van der Waals surface area contributed by atoms with Gasteiger partial charge in [0.05, 0.1) is 0 Å². The van der Waals surface area contributed by atoms with Gasteiger partial charge < -0.3 is 4.76 Å². The van der Waals surface area contributed by atoms with Gasteiger partial charge in [0, 0.05) is 6.54 Å². The van der Waals surface area contributed by atoms with E-state index in [1.807, 2.05) is 0 Å². The predicted octanol–water partition coefficient (Wildman–Crippen LogP) is 0.142. The standard InChI is InChI=1S/C3H8BNO/c1-4-2-3-5-6-4/h5H,2-3H2,1H3. The Labute approximate surface area is 37.9 Å². The summed E-state index contributed by atoms with van der Waals surface area (Å²) in [6.07, 6.45) is 1.15. The molecule has 1 aliphatic rings. The first-order chi connectivity index (χ1) is 2.89. The molecule has 34 valence electrons. The van der Waals surface area contributed by atoms with Crippen LogP contribution in [0.5, 0.6) is 0 Å². The summed E-state index contributed by atoms with van der Waals surface area (Å²) in [7, 11) is 0. The van der Waals surface area contributed by atoms with Crippen LogP contribution >= 0.6 is 0 Å². The van der Waals surface area contributed by atoms with Crippen LogP contribution in [-0.2, 0) is 4.76 Å². The average molecular weight is 84.9 g/mol. The van der Waals surface area contributed by atoms with E-state index in [4.69, 9.17) is 4.76 Å². The zero-order valence-corrected chi connectivity index (χ0v) is 3.90. The topological polar surface area (TPSA) is 21.3 Å². The number of rotatable bonds is 0. The molecule has 0 spiro atoms. The summed E-state index contributed by atoms with van der Waals surface area (Å²) >= 11 is 0. The van der Waals surface area contributed by atoms with Crippen LogP contribution in [0.15, 0.2) is 0 Å². The smallest absolute Gasteiger partial charge is 0.319 e. The molecule has 2 nitrogen and oxygen atoms in total. The molecular formula is C3H8BNO. The Balaban J connectivity index is 2.18.